The van der Waals surface area contributed by atoms with Gasteiger partial charge in [-0.15, -0.1) is 0 Å². The Morgan fingerprint density at radius 2 is 2.18 bits per heavy atom. The van der Waals surface area contributed by atoms with E-state index in [0.717, 1.165) is 0 Å². The van der Waals surface area contributed by atoms with E-state index in [-0.39, 0.29) is 17.7 Å². The van der Waals surface area contributed by atoms with Crippen LogP contribution < -0.4 is 0 Å². The van der Waals surface area contributed by atoms with Gasteiger partial charge in [-0.2, -0.15) is 0 Å². The van der Waals surface area contributed by atoms with Gasteiger partial charge in [-0.3, -0.25) is 4.79 Å². The number of benzene rings is 1. The molecule has 1 fully saturated rings. The number of aryl methyl sites for hydroxylation is 1. The Balaban J connectivity index is 2.53. The molecule has 0 aromatic heterocycles. The molecule has 92 valence electrons. The van der Waals surface area contributed by atoms with Gasteiger partial charge in [0.2, 0.25) is 0 Å². The highest BCUT2D eigenvalue weighted by atomic mass is 35.5. The van der Waals surface area contributed by atoms with Gasteiger partial charge in [0.15, 0.2) is 0 Å². The van der Waals surface area contributed by atoms with Crippen molar-refractivity contribution in [2.75, 3.05) is 7.11 Å². The number of methoxy groups -OCH3 is 1. The minimum absolute atomic E-state index is 0.134. The molecule has 4 heteroatoms. The smallest absolute Gasteiger partial charge is 0.316 e. The van der Waals surface area contributed by atoms with Gasteiger partial charge >= 0.3 is 5.97 Å². The van der Waals surface area contributed by atoms with Crippen LogP contribution in [0, 0.1) is 18.7 Å². The van der Waals surface area contributed by atoms with E-state index in [1.807, 2.05) is 6.92 Å². The topological polar surface area (TPSA) is 26.3 Å². The maximum atomic E-state index is 13.6. The Morgan fingerprint density at radius 1 is 1.59 bits per heavy atom. The maximum absolute atomic E-state index is 13.6. The van der Waals surface area contributed by atoms with Crippen molar-refractivity contribution in [2.45, 2.75) is 25.7 Å². The first-order valence-corrected chi connectivity index (χ1v) is 5.85. The number of ether oxygens (including phenoxy) is 1. The van der Waals surface area contributed by atoms with Crippen molar-refractivity contribution in [3.05, 3.63) is 34.1 Å². The quantitative estimate of drug-likeness (QED) is 0.760. The first-order valence-electron chi connectivity index (χ1n) is 5.48. The Hall–Kier alpha value is -1.09. The van der Waals surface area contributed by atoms with Crippen molar-refractivity contribution in [3.63, 3.8) is 0 Å². The Morgan fingerprint density at radius 3 is 2.65 bits per heavy atom. The molecule has 1 aromatic rings. The van der Waals surface area contributed by atoms with E-state index < -0.39 is 5.41 Å². The second-order valence-electron chi connectivity index (χ2n) is 4.65. The summed E-state index contributed by atoms with van der Waals surface area (Å²) in [6.45, 7) is 3.58. The zero-order valence-electron chi connectivity index (χ0n) is 10.0. The predicted molar refractivity (Wildman–Crippen MR) is 63.6 cm³/mol. The van der Waals surface area contributed by atoms with Crippen molar-refractivity contribution >= 4 is 17.6 Å². The molecule has 0 heterocycles. The zero-order chi connectivity index (χ0) is 12.8. The second kappa shape index (κ2) is 3.98. The fourth-order valence-electron chi connectivity index (χ4n) is 2.36. The summed E-state index contributed by atoms with van der Waals surface area (Å²) in [5.74, 6) is -0.545. The number of carbonyl (C=O) groups excluding carboxylic acids is 1. The van der Waals surface area contributed by atoms with Gasteiger partial charge < -0.3 is 4.74 Å². The predicted octanol–water partition coefficient (Wildman–Crippen LogP) is 3.24. The molecule has 0 spiro atoms. The van der Waals surface area contributed by atoms with Crippen LogP contribution in [0.1, 0.15) is 24.5 Å². The van der Waals surface area contributed by atoms with Crippen molar-refractivity contribution in [2.24, 2.45) is 5.92 Å². The molecule has 1 saturated carbocycles. The van der Waals surface area contributed by atoms with Gasteiger partial charge in [-0.25, -0.2) is 4.39 Å². The molecular formula is C13H14ClFO2. The summed E-state index contributed by atoms with van der Waals surface area (Å²) >= 11 is 6.12. The molecule has 2 rings (SSSR count). The van der Waals surface area contributed by atoms with Crippen LogP contribution in [-0.4, -0.2) is 13.1 Å². The van der Waals surface area contributed by atoms with E-state index in [1.54, 1.807) is 13.0 Å². The summed E-state index contributed by atoms with van der Waals surface area (Å²) in [6, 6.07) is 2.92. The van der Waals surface area contributed by atoms with E-state index in [4.69, 9.17) is 16.3 Å². The van der Waals surface area contributed by atoms with E-state index >= 15 is 0 Å². The normalized spacial score (nSPS) is 26.8. The van der Waals surface area contributed by atoms with Crippen LogP contribution in [0.25, 0.3) is 0 Å². The second-order valence-corrected chi connectivity index (χ2v) is 5.06. The standard InChI is InChI=1S/C13H14ClFO2/c1-7-4-10(14)9(5-11(7)15)13(6-8(13)2)12(16)17-3/h4-5,8H,6H2,1-3H3. The van der Waals surface area contributed by atoms with Crippen LogP contribution in [-0.2, 0) is 14.9 Å². The molecule has 1 aliphatic rings. The summed E-state index contributed by atoms with van der Waals surface area (Å²) in [5, 5.41) is 0.429. The summed E-state index contributed by atoms with van der Waals surface area (Å²) in [4.78, 5) is 11.9. The first kappa shape index (κ1) is 12.4. The Labute approximate surface area is 105 Å². The minimum atomic E-state index is -0.750. The van der Waals surface area contributed by atoms with Gasteiger partial charge in [-0.05, 0) is 42.5 Å². The maximum Gasteiger partial charge on any atom is 0.316 e. The SMILES string of the molecule is COC(=O)C1(c2cc(F)c(C)cc2Cl)CC1C. The largest absolute Gasteiger partial charge is 0.468 e. The number of rotatable bonds is 2. The molecule has 0 bridgehead atoms. The van der Waals surface area contributed by atoms with Crippen LogP contribution in [0.3, 0.4) is 0 Å². The van der Waals surface area contributed by atoms with Gasteiger partial charge in [0, 0.05) is 5.02 Å². The Kier molecular flexibility index (Phi) is 2.90. The molecule has 0 radical (unpaired) electrons. The number of carbonyl (C=O) groups is 1. The molecule has 17 heavy (non-hydrogen) atoms. The van der Waals surface area contributed by atoms with E-state index in [2.05, 4.69) is 0 Å². The monoisotopic (exact) mass is 256 g/mol. The third-order valence-corrected chi connectivity index (χ3v) is 3.90. The summed E-state index contributed by atoms with van der Waals surface area (Å²) in [5.41, 5.74) is 0.272. The molecule has 0 saturated heterocycles. The highest BCUT2D eigenvalue weighted by molar-refractivity contribution is 6.32. The van der Waals surface area contributed by atoms with Crippen LogP contribution in [0.5, 0.6) is 0 Å². The fourth-order valence-corrected chi connectivity index (χ4v) is 2.75. The van der Waals surface area contributed by atoms with Crippen LogP contribution in [0.2, 0.25) is 5.02 Å². The van der Waals surface area contributed by atoms with Gasteiger partial charge in [-0.1, -0.05) is 18.5 Å². The van der Waals surface area contributed by atoms with Crippen molar-refractivity contribution in [3.8, 4) is 0 Å². The molecule has 1 aliphatic carbocycles. The molecule has 2 unspecified atom stereocenters. The molecule has 2 nitrogen and oxygen atoms in total. The number of halogens is 2. The van der Waals surface area contributed by atoms with Crippen molar-refractivity contribution in [1.82, 2.24) is 0 Å². The van der Waals surface area contributed by atoms with Crippen LogP contribution in [0.4, 0.5) is 4.39 Å². The number of hydrogen-bond donors (Lipinski definition) is 0. The van der Waals surface area contributed by atoms with Gasteiger partial charge in [0.25, 0.3) is 0 Å². The third-order valence-electron chi connectivity index (χ3n) is 3.59. The lowest BCUT2D eigenvalue weighted by molar-refractivity contribution is -0.144. The molecule has 2 atom stereocenters. The lowest BCUT2D eigenvalue weighted by Gasteiger charge is -2.17. The number of hydrogen-bond acceptors (Lipinski definition) is 2. The van der Waals surface area contributed by atoms with E-state index in [9.17, 15) is 9.18 Å². The summed E-state index contributed by atoms with van der Waals surface area (Å²) < 4.78 is 18.4. The van der Waals surface area contributed by atoms with E-state index in [0.29, 0.717) is 22.6 Å². The molecule has 0 N–H and O–H groups in total. The van der Waals surface area contributed by atoms with Crippen LogP contribution >= 0.6 is 11.6 Å². The van der Waals surface area contributed by atoms with E-state index in [1.165, 1.54) is 13.2 Å². The summed E-state index contributed by atoms with van der Waals surface area (Å²) in [7, 11) is 1.34. The fraction of sp³-hybridized carbons (Fsp3) is 0.462. The number of esters is 1. The lowest BCUT2D eigenvalue weighted by atomic mass is 9.92. The van der Waals surface area contributed by atoms with Gasteiger partial charge in [0.05, 0.1) is 12.5 Å². The third kappa shape index (κ3) is 1.73. The average Bonchev–Trinajstić information content (AvgIpc) is 2.95. The molecular weight excluding hydrogens is 243 g/mol. The summed E-state index contributed by atoms with van der Waals surface area (Å²) in [6.07, 6.45) is 0.655. The Bertz CT molecular complexity index is 487. The van der Waals surface area contributed by atoms with Gasteiger partial charge in [0.1, 0.15) is 5.82 Å². The van der Waals surface area contributed by atoms with Crippen molar-refractivity contribution < 1.29 is 13.9 Å². The molecule has 0 aliphatic heterocycles. The van der Waals surface area contributed by atoms with Crippen molar-refractivity contribution in [1.29, 1.82) is 0 Å². The zero-order valence-corrected chi connectivity index (χ0v) is 10.8. The lowest BCUT2D eigenvalue weighted by Crippen LogP contribution is -2.24. The molecule has 1 aromatic carbocycles. The average molecular weight is 257 g/mol. The highest BCUT2D eigenvalue weighted by Gasteiger charge is 2.60. The first-order chi connectivity index (χ1) is 7.93. The molecule has 0 amide bonds. The minimum Gasteiger partial charge on any atom is -0.468 e. The highest BCUT2D eigenvalue weighted by Crippen LogP contribution is 2.56. The van der Waals surface area contributed by atoms with Crippen LogP contribution in [0.15, 0.2) is 12.1 Å².